The molecule has 5 heteroatoms. The Morgan fingerprint density at radius 2 is 1.55 bits per heavy atom. The molecule has 0 aromatic rings. The van der Waals surface area contributed by atoms with Gasteiger partial charge in [0.05, 0.1) is 5.88 Å². The van der Waals surface area contributed by atoms with Crippen LogP contribution in [0.4, 0.5) is 0 Å². The maximum absolute atomic E-state index is 5.85. The van der Waals surface area contributed by atoms with Crippen LogP contribution in [0.5, 0.6) is 0 Å². The number of halogens is 4. The van der Waals surface area contributed by atoms with Gasteiger partial charge in [0.2, 0.25) is 0 Å². The van der Waals surface area contributed by atoms with Crippen molar-refractivity contribution in [1.29, 1.82) is 0 Å². The van der Waals surface area contributed by atoms with Crippen LogP contribution in [0.3, 0.4) is 0 Å². The fourth-order valence-electron chi connectivity index (χ4n) is 0.771. The van der Waals surface area contributed by atoms with Gasteiger partial charge in [-0.3, -0.25) is 4.90 Å². The van der Waals surface area contributed by atoms with Crippen molar-refractivity contribution in [1.82, 2.24) is 4.90 Å². The highest BCUT2D eigenvalue weighted by atomic mass is 35.5. The predicted octanol–water partition coefficient (Wildman–Crippen LogP) is 3.12. The molecule has 0 radical (unpaired) electrons. The van der Waals surface area contributed by atoms with Gasteiger partial charge in [-0.1, -0.05) is 37.0 Å². The first-order valence-electron chi connectivity index (χ1n) is 3.27. The van der Waals surface area contributed by atoms with Crippen LogP contribution in [0.25, 0.3) is 0 Å². The Labute approximate surface area is 89.4 Å². The van der Waals surface area contributed by atoms with Crippen molar-refractivity contribution in [2.75, 3.05) is 19.0 Å². The van der Waals surface area contributed by atoms with Crippen LogP contribution < -0.4 is 0 Å². The van der Waals surface area contributed by atoms with E-state index in [4.69, 9.17) is 34.8 Å². The van der Waals surface area contributed by atoms with Gasteiger partial charge in [-0.25, -0.2) is 0 Å². The van der Waals surface area contributed by atoms with Crippen LogP contribution in [0, 0.1) is 0 Å². The fourth-order valence-corrected chi connectivity index (χ4v) is 1.42. The molecule has 70 valence electrons. The van der Waals surface area contributed by atoms with Gasteiger partial charge in [-0.15, -0.1) is 24.0 Å². The number of alkyl halides is 3. The quantitative estimate of drug-likeness (QED) is 0.539. The second-order valence-corrected chi connectivity index (χ2v) is 3.68. The average molecular weight is 241 g/mol. The average Bonchev–Trinajstić information content (AvgIpc) is 1.90. The van der Waals surface area contributed by atoms with E-state index in [1.54, 1.807) is 0 Å². The molecule has 0 aliphatic rings. The summed E-state index contributed by atoms with van der Waals surface area (Å²) in [6, 6.07) is 0. The lowest BCUT2D eigenvalue weighted by atomic mass is 10.5. The SMILES string of the molecule is CCN(CC)C(Cl)(Cl)CCl.Cl. The standard InChI is InChI=1S/C6H12Cl3N.ClH/c1-3-10(4-2)6(8,9)5-7;/h3-5H2,1-2H3;1H. The number of hydrogen-bond acceptors (Lipinski definition) is 1. The molecule has 1 nitrogen and oxygen atoms in total. The van der Waals surface area contributed by atoms with Gasteiger partial charge in [0, 0.05) is 0 Å². The molecular weight excluding hydrogens is 228 g/mol. The molecule has 0 heterocycles. The van der Waals surface area contributed by atoms with Crippen molar-refractivity contribution in [3.8, 4) is 0 Å². The molecule has 11 heavy (non-hydrogen) atoms. The van der Waals surface area contributed by atoms with Gasteiger partial charge < -0.3 is 0 Å². The minimum absolute atomic E-state index is 0. The van der Waals surface area contributed by atoms with E-state index < -0.39 is 4.46 Å². The maximum atomic E-state index is 5.85. The summed E-state index contributed by atoms with van der Waals surface area (Å²) in [6.45, 7) is 5.62. The lowest BCUT2D eigenvalue weighted by Crippen LogP contribution is -2.40. The number of rotatable bonds is 4. The van der Waals surface area contributed by atoms with Crippen LogP contribution in [0.1, 0.15) is 13.8 Å². The summed E-state index contributed by atoms with van der Waals surface area (Å²) in [4.78, 5) is 1.89. The van der Waals surface area contributed by atoms with E-state index in [9.17, 15) is 0 Å². The van der Waals surface area contributed by atoms with E-state index in [0.29, 0.717) is 0 Å². The molecule has 0 aromatic heterocycles. The van der Waals surface area contributed by atoms with Crippen LogP contribution in [0.15, 0.2) is 0 Å². The molecule has 0 fully saturated rings. The Hall–Kier alpha value is 1.12. The minimum Gasteiger partial charge on any atom is -0.272 e. The molecular formula is C6H13Cl4N. The third-order valence-corrected chi connectivity index (χ3v) is 2.79. The summed E-state index contributed by atoms with van der Waals surface area (Å²) in [5.74, 6) is 0.234. The Morgan fingerprint density at radius 1 is 1.18 bits per heavy atom. The van der Waals surface area contributed by atoms with Crippen LogP contribution in [-0.2, 0) is 0 Å². The van der Waals surface area contributed by atoms with Crippen molar-refractivity contribution in [2.24, 2.45) is 0 Å². The molecule has 0 amide bonds. The summed E-state index contributed by atoms with van der Waals surface area (Å²) in [7, 11) is 0. The van der Waals surface area contributed by atoms with E-state index in [0.717, 1.165) is 13.1 Å². The second-order valence-electron chi connectivity index (χ2n) is 1.97. The lowest BCUT2D eigenvalue weighted by molar-refractivity contribution is 0.265. The van der Waals surface area contributed by atoms with E-state index in [1.807, 2.05) is 18.7 Å². The largest absolute Gasteiger partial charge is 0.272 e. The molecule has 0 unspecified atom stereocenters. The molecule has 0 rings (SSSR count). The van der Waals surface area contributed by atoms with Gasteiger partial charge in [-0.05, 0) is 13.1 Å². The van der Waals surface area contributed by atoms with Crippen molar-refractivity contribution in [3.05, 3.63) is 0 Å². The fraction of sp³-hybridized carbons (Fsp3) is 1.00. The Balaban J connectivity index is 0. The first-order chi connectivity index (χ1) is 4.58. The Bertz CT molecular complexity index is 92.6. The zero-order valence-corrected chi connectivity index (χ0v) is 9.69. The van der Waals surface area contributed by atoms with Crippen molar-refractivity contribution < 1.29 is 0 Å². The van der Waals surface area contributed by atoms with Gasteiger partial charge in [0.25, 0.3) is 0 Å². The minimum atomic E-state index is -0.898. The third-order valence-electron chi connectivity index (χ3n) is 1.39. The van der Waals surface area contributed by atoms with Crippen molar-refractivity contribution in [3.63, 3.8) is 0 Å². The lowest BCUT2D eigenvalue weighted by Gasteiger charge is -2.30. The summed E-state index contributed by atoms with van der Waals surface area (Å²) in [5, 5.41) is 0. The van der Waals surface area contributed by atoms with E-state index in [1.165, 1.54) is 0 Å². The number of nitrogens with zero attached hydrogens (tertiary/aromatic N) is 1. The van der Waals surface area contributed by atoms with Gasteiger partial charge in [0.15, 0.2) is 4.46 Å². The summed E-state index contributed by atoms with van der Waals surface area (Å²) in [6.07, 6.45) is 0. The normalized spacial score (nSPS) is 11.5. The highest BCUT2D eigenvalue weighted by molar-refractivity contribution is 6.51. The highest BCUT2D eigenvalue weighted by Gasteiger charge is 2.28. The summed E-state index contributed by atoms with van der Waals surface area (Å²) in [5.41, 5.74) is 0. The van der Waals surface area contributed by atoms with E-state index in [2.05, 4.69) is 0 Å². The van der Waals surface area contributed by atoms with Gasteiger partial charge in [-0.2, -0.15) is 0 Å². The van der Waals surface area contributed by atoms with Gasteiger partial charge in [0.1, 0.15) is 0 Å². The zero-order chi connectivity index (χ0) is 8.20. The summed E-state index contributed by atoms with van der Waals surface area (Å²) >= 11 is 17.2. The first kappa shape index (κ1) is 14.6. The Morgan fingerprint density at radius 3 is 1.64 bits per heavy atom. The third kappa shape index (κ3) is 4.64. The molecule has 0 saturated heterocycles. The van der Waals surface area contributed by atoms with Crippen molar-refractivity contribution in [2.45, 2.75) is 18.3 Å². The first-order valence-corrected chi connectivity index (χ1v) is 4.56. The molecule has 0 spiro atoms. The maximum Gasteiger partial charge on any atom is 0.184 e. The molecule has 0 saturated carbocycles. The van der Waals surface area contributed by atoms with Crippen molar-refractivity contribution >= 4 is 47.2 Å². The zero-order valence-electron chi connectivity index (χ0n) is 6.61. The molecule has 0 bridgehead atoms. The molecule has 0 aliphatic heterocycles. The molecule has 0 aromatic carbocycles. The second kappa shape index (κ2) is 6.62. The van der Waals surface area contributed by atoms with Crippen LogP contribution in [-0.4, -0.2) is 28.3 Å². The molecule has 0 aliphatic carbocycles. The summed E-state index contributed by atoms with van der Waals surface area (Å²) < 4.78 is -0.898. The van der Waals surface area contributed by atoms with Crippen LogP contribution in [0.2, 0.25) is 0 Å². The number of hydrogen-bond donors (Lipinski definition) is 0. The smallest absolute Gasteiger partial charge is 0.184 e. The Kier molecular flexibility index (Phi) is 8.80. The van der Waals surface area contributed by atoms with Gasteiger partial charge >= 0.3 is 0 Å². The predicted molar refractivity (Wildman–Crippen MR) is 55.3 cm³/mol. The van der Waals surface area contributed by atoms with Crippen LogP contribution >= 0.6 is 47.2 Å². The molecule has 0 atom stereocenters. The highest BCUT2D eigenvalue weighted by Crippen LogP contribution is 2.26. The van der Waals surface area contributed by atoms with E-state index in [-0.39, 0.29) is 18.3 Å². The van der Waals surface area contributed by atoms with E-state index >= 15 is 0 Å². The topological polar surface area (TPSA) is 3.24 Å². The molecule has 0 N–H and O–H groups in total. The monoisotopic (exact) mass is 239 g/mol.